The molecule has 0 aliphatic rings. The number of anilines is 2. The molecular formula is C7H11BrFN5. The topological polar surface area (TPSA) is 75.9 Å². The Kier molecular flexibility index (Phi) is 4.54. The van der Waals surface area contributed by atoms with E-state index < -0.39 is 0 Å². The van der Waals surface area contributed by atoms with E-state index in [0.717, 1.165) is 4.47 Å². The molecule has 1 aromatic heterocycles. The van der Waals surface area contributed by atoms with Crippen LogP contribution in [0, 0.1) is 0 Å². The van der Waals surface area contributed by atoms with Gasteiger partial charge in [-0.05, 0) is 22.4 Å². The fourth-order valence-corrected chi connectivity index (χ4v) is 1.17. The summed E-state index contributed by atoms with van der Waals surface area (Å²) in [5.41, 5.74) is 2.33. The molecule has 0 bridgehead atoms. The van der Waals surface area contributed by atoms with Gasteiger partial charge in [0.25, 0.3) is 0 Å². The zero-order valence-electron chi connectivity index (χ0n) is 7.43. The van der Waals surface area contributed by atoms with E-state index in [9.17, 15) is 4.39 Å². The lowest BCUT2D eigenvalue weighted by Crippen LogP contribution is -2.12. The summed E-state index contributed by atoms with van der Waals surface area (Å²) in [6, 6.07) is 0. The second-order valence-corrected chi connectivity index (χ2v) is 3.36. The van der Waals surface area contributed by atoms with E-state index in [1.807, 2.05) is 0 Å². The molecule has 0 radical (unpaired) electrons. The maximum Gasteiger partial charge on any atom is 0.239 e. The molecule has 0 amide bonds. The summed E-state index contributed by atoms with van der Waals surface area (Å²) in [5, 5.41) is 2.96. The molecule has 14 heavy (non-hydrogen) atoms. The van der Waals surface area contributed by atoms with E-state index in [0.29, 0.717) is 24.7 Å². The molecule has 0 atom stereocenters. The minimum absolute atomic E-state index is 0.316. The Morgan fingerprint density at radius 3 is 3.00 bits per heavy atom. The highest BCUT2D eigenvalue weighted by atomic mass is 79.9. The third-order valence-electron chi connectivity index (χ3n) is 1.48. The molecule has 0 aliphatic heterocycles. The number of hydrazine groups is 1. The van der Waals surface area contributed by atoms with Crippen molar-refractivity contribution in [3.05, 3.63) is 10.7 Å². The van der Waals surface area contributed by atoms with Crippen LogP contribution in [0.2, 0.25) is 0 Å². The van der Waals surface area contributed by atoms with Gasteiger partial charge in [0, 0.05) is 12.7 Å². The monoisotopic (exact) mass is 263 g/mol. The fourth-order valence-electron chi connectivity index (χ4n) is 0.834. The third kappa shape index (κ3) is 3.08. The number of alkyl halides is 1. The molecule has 1 rings (SSSR count). The van der Waals surface area contributed by atoms with Gasteiger partial charge in [0.1, 0.15) is 5.82 Å². The average molecular weight is 264 g/mol. The van der Waals surface area contributed by atoms with Gasteiger partial charge in [0.15, 0.2) is 0 Å². The fraction of sp³-hybridized carbons (Fsp3) is 0.429. The highest BCUT2D eigenvalue weighted by Gasteiger charge is 2.02. The number of hydrogen-bond donors (Lipinski definition) is 3. The second kappa shape index (κ2) is 5.71. The van der Waals surface area contributed by atoms with Crippen LogP contribution in [0.4, 0.5) is 16.2 Å². The predicted molar refractivity (Wildman–Crippen MR) is 56.6 cm³/mol. The van der Waals surface area contributed by atoms with Crippen molar-refractivity contribution < 1.29 is 4.39 Å². The zero-order chi connectivity index (χ0) is 10.4. The van der Waals surface area contributed by atoms with Gasteiger partial charge in [-0.25, -0.2) is 10.8 Å². The summed E-state index contributed by atoms with van der Waals surface area (Å²) in [6.07, 6.45) is 2.02. The molecule has 0 saturated heterocycles. The molecule has 78 valence electrons. The van der Waals surface area contributed by atoms with E-state index in [2.05, 4.69) is 36.6 Å². The van der Waals surface area contributed by atoms with Gasteiger partial charge in [-0.15, -0.1) is 0 Å². The molecule has 0 unspecified atom stereocenters. The van der Waals surface area contributed by atoms with Gasteiger partial charge in [-0.1, -0.05) is 0 Å². The molecule has 1 aromatic rings. The van der Waals surface area contributed by atoms with Crippen LogP contribution in [-0.2, 0) is 0 Å². The van der Waals surface area contributed by atoms with Gasteiger partial charge in [0.05, 0.1) is 11.1 Å². The Hall–Kier alpha value is -0.950. The first-order valence-corrected chi connectivity index (χ1v) is 4.86. The maximum atomic E-state index is 11.8. The number of nitrogen functional groups attached to an aromatic ring is 1. The summed E-state index contributed by atoms with van der Waals surface area (Å²) >= 11 is 3.26. The molecule has 1 heterocycles. The number of aromatic nitrogens is 2. The third-order valence-corrected chi connectivity index (χ3v) is 2.06. The molecule has 5 nitrogen and oxygen atoms in total. The predicted octanol–water partition coefficient (Wildman–Crippen LogP) is 1.30. The van der Waals surface area contributed by atoms with Crippen LogP contribution < -0.4 is 16.6 Å². The number of nitrogens with two attached hydrogens (primary N) is 1. The first-order valence-electron chi connectivity index (χ1n) is 4.07. The van der Waals surface area contributed by atoms with Crippen LogP contribution in [0.15, 0.2) is 10.7 Å². The van der Waals surface area contributed by atoms with Crippen molar-refractivity contribution in [1.29, 1.82) is 0 Å². The first kappa shape index (κ1) is 11.1. The van der Waals surface area contributed by atoms with Crippen molar-refractivity contribution >= 4 is 27.7 Å². The van der Waals surface area contributed by atoms with Crippen LogP contribution in [0.1, 0.15) is 6.42 Å². The summed E-state index contributed by atoms with van der Waals surface area (Å²) < 4.78 is 12.5. The standard InChI is InChI=1S/C7H11BrFN5/c8-5-4-12-7(14-10)13-6(5)11-3-1-2-9/h4H,1-3,10H2,(H2,11,12,13,14). The Balaban J connectivity index is 2.64. The van der Waals surface area contributed by atoms with Gasteiger partial charge < -0.3 is 5.32 Å². The minimum Gasteiger partial charge on any atom is -0.369 e. The number of hydrogen-bond acceptors (Lipinski definition) is 5. The summed E-state index contributed by atoms with van der Waals surface area (Å²) in [6.45, 7) is 0.174. The molecule has 4 N–H and O–H groups in total. The number of rotatable bonds is 5. The Bertz CT molecular complexity index is 295. The molecule has 0 saturated carbocycles. The quantitative estimate of drug-likeness (QED) is 0.424. The number of halogens is 2. The van der Waals surface area contributed by atoms with Crippen molar-refractivity contribution in [3.8, 4) is 0 Å². The normalized spacial score (nSPS) is 9.93. The lowest BCUT2D eigenvalue weighted by atomic mass is 10.4. The molecule has 0 fully saturated rings. The average Bonchev–Trinajstić information content (AvgIpc) is 2.21. The lowest BCUT2D eigenvalue weighted by Gasteiger charge is -2.07. The van der Waals surface area contributed by atoms with Gasteiger partial charge in [-0.2, -0.15) is 4.98 Å². The van der Waals surface area contributed by atoms with Crippen LogP contribution in [-0.4, -0.2) is 23.2 Å². The lowest BCUT2D eigenvalue weighted by molar-refractivity contribution is 0.481. The van der Waals surface area contributed by atoms with E-state index >= 15 is 0 Å². The van der Waals surface area contributed by atoms with Gasteiger partial charge in [-0.3, -0.25) is 9.82 Å². The van der Waals surface area contributed by atoms with Crippen molar-refractivity contribution in [3.63, 3.8) is 0 Å². The van der Waals surface area contributed by atoms with Gasteiger partial charge in [0.2, 0.25) is 5.95 Å². The smallest absolute Gasteiger partial charge is 0.239 e. The molecular weight excluding hydrogens is 253 g/mol. The number of nitrogens with one attached hydrogen (secondary N) is 2. The van der Waals surface area contributed by atoms with Crippen molar-refractivity contribution in [2.75, 3.05) is 24.0 Å². The highest BCUT2D eigenvalue weighted by Crippen LogP contribution is 2.19. The summed E-state index contributed by atoms with van der Waals surface area (Å²) in [5.74, 6) is 6.06. The summed E-state index contributed by atoms with van der Waals surface area (Å²) in [7, 11) is 0. The van der Waals surface area contributed by atoms with E-state index in [1.165, 1.54) is 0 Å². The second-order valence-electron chi connectivity index (χ2n) is 2.50. The van der Waals surface area contributed by atoms with E-state index in [-0.39, 0.29) is 6.67 Å². The molecule has 0 aliphatic carbocycles. The minimum atomic E-state index is -0.350. The van der Waals surface area contributed by atoms with Crippen molar-refractivity contribution in [1.82, 2.24) is 9.97 Å². The maximum absolute atomic E-state index is 11.8. The molecule has 0 spiro atoms. The van der Waals surface area contributed by atoms with Crippen LogP contribution in [0.3, 0.4) is 0 Å². The van der Waals surface area contributed by atoms with Crippen LogP contribution in [0.25, 0.3) is 0 Å². The Labute approximate surface area is 89.4 Å². The van der Waals surface area contributed by atoms with Crippen LogP contribution >= 0.6 is 15.9 Å². The number of nitrogens with zero attached hydrogens (tertiary/aromatic N) is 2. The van der Waals surface area contributed by atoms with Crippen molar-refractivity contribution in [2.45, 2.75) is 6.42 Å². The van der Waals surface area contributed by atoms with Crippen molar-refractivity contribution in [2.24, 2.45) is 5.84 Å². The molecule has 0 aromatic carbocycles. The Morgan fingerprint density at radius 2 is 2.36 bits per heavy atom. The van der Waals surface area contributed by atoms with E-state index in [4.69, 9.17) is 5.84 Å². The van der Waals surface area contributed by atoms with E-state index in [1.54, 1.807) is 6.20 Å². The van der Waals surface area contributed by atoms with Gasteiger partial charge >= 0.3 is 0 Å². The van der Waals surface area contributed by atoms with Crippen LogP contribution in [0.5, 0.6) is 0 Å². The highest BCUT2D eigenvalue weighted by molar-refractivity contribution is 9.10. The zero-order valence-corrected chi connectivity index (χ0v) is 9.01. The SMILES string of the molecule is NNc1ncc(Br)c(NCCCF)n1. The largest absolute Gasteiger partial charge is 0.369 e. The molecule has 7 heteroatoms. The first-order chi connectivity index (χ1) is 6.77. The summed E-state index contributed by atoms with van der Waals surface area (Å²) in [4.78, 5) is 7.91. The Morgan fingerprint density at radius 1 is 1.57 bits per heavy atom.